The van der Waals surface area contributed by atoms with Gasteiger partial charge in [-0.05, 0) is 59.4 Å². The van der Waals surface area contributed by atoms with E-state index in [1.165, 1.54) is 38.8 Å². The molecule has 1 N–H and O–H groups in total. The fraction of sp³-hybridized carbons (Fsp3) is 1.00. The maximum atomic E-state index is 3.57. The molecule has 0 aromatic rings. The van der Waals surface area contributed by atoms with E-state index in [1.54, 1.807) is 0 Å². The molecule has 0 bridgehead atoms. The molecule has 1 rings (SSSR count). The van der Waals surface area contributed by atoms with E-state index in [1.807, 2.05) is 0 Å². The average molecular weight is 241 g/mol. The minimum Gasteiger partial charge on any atom is -0.315 e. The van der Waals surface area contributed by atoms with Gasteiger partial charge in [0, 0.05) is 18.6 Å². The summed E-state index contributed by atoms with van der Waals surface area (Å²) in [6, 6.07) is 1.54. The molecule has 0 spiro atoms. The van der Waals surface area contributed by atoms with Crippen LogP contribution in [0.25, 0.3) is 0 Å². The quantitative estimate of drug-likeness (QED) is 0.686. The summed E-state index contributed by atoms with van der Waals surface area (Å²) >= 11 is 0. The molecule has 0 aromatic heterocycles. The second-order valence-electron chi connectivity index (χ2n) is 5.50. The Hall–Kier alpha value is -0.120. The molecule has 0 aromatic carbocycles. The molecular weight excluding hydrogens is 210 g/mol. The highest BCUT2D eigenvalue weighted by Crippen LogP contribution is 2.17. The topological polar surface area (TPSA) is 18.5 Å². The van der Waals surface area contributed by atoms with E-state index in [0.717, 1.165) is 25.2 Å². The highest BCUT2D eigenvalue weighted by atomic mass is 15.2. The number of rotatable bonds is 7. The number of likely N-dealkylation sites (tertiary alicyclic amines) is 1. The van der Waals surface area contributed by atoms with E-state index in [2.05, 4.69) is 43.1 Å². The first kappa shape index (κ1) is 14.9. The van der Waals surface area contributed by atoms with Crippen LogP contribution in [0, 0.1) is 0 Å². The largest absolute Gasteiger partial charge is 0.315 e. The summed E-state index contributed by atoms with van der Waals surface area (Å²) in [7, 11) is 4.42. The lowest BCUT2D eigenvalue weighted by Gasteiger charge is -2.39. The predicted molar refractivity (Wildman–Crippen MR) is 75.5 cm³/mol. The number of nitrogens with one attached hydrogen (secondary N) is 1. The van der Waals surface area contributed by atoms with Crippen LogP contribution >= 0.6 is 0 Å². The minimum atomic E-state index is 0.740. The Morgan fingerprint density at radius 3 is 2.35 bits per heavy atom. The summed E-state index contributed by atoms with van der Waals surface area (Å²) < 4.78 is 0. The van der Waals surface area contributed by atoms with Crippen molar-refractivity contribution in [2.24, 2.45) is 0 Å². The fourth-order valence-electron chi connectivity index (χ4n) is 2.74. The Labute approximate surface area is 108 Å². The molecule has 17 heavy (non-hydrogen) atoms. The molecule has 1 aliphatic rings. The van der Waals surface area contributed by atoms with Crippen LogP contribution < -0.4 is 5.32 Å². The van der Waals surface area contributed by atoms with Crippen molar-refractivity contribution >= 4 is 0 Å². The molecule has 1 unspecified atom stereocenters. The molecule has 0 amide bonds. The van der Waals surface area contributed by atoms with Gasteiger partial charge in [-0.3, -0.25) is 4.90 Å². The lowest BCUT2D eigenvalue weighted by atomic mass is 10.0. The first-order valence-corrected chi connectivity index (χ1v) is 7.30. The Morgan fingerprint density at radius 2 is 1.88 bits per heavy atom. The van der Waals surface area contributed by atoms with Crippen LogP contribution in [0.3, 0.4) is 0 Å². The Bertz CT molecular complexity index is 186. The number of hydrogen-bond donors (Lipinski definition) is 1. The summed E-state index contributed by atoms with van der Waals surface area (Å²) in [5, 5.41) is 3.57. The smallest absolute Gasteiger partial charge is 0.0218 e. The molecule has 0 radical (unpaired) electrons. The Morgan fingerprint density at radius 1 is 1.24 bits per heavy atom. The van der Waals surface area contributed by atoms with Crippen molar-refractivity contribution in [1.29, 1.82) is 0 Å². The minimum absolute atomic E-state index is 0.740. The first-order valence-electron chi connectivity index (χ1n) is 7.30. The maximum Gasteiger partial charge on any atom is 0.0218 e. The van der Waals surface area contributed by atoms with Crippen LogP contribution in [0.1, 0.15) is 39.5 Å². The molecule has 1 fully saturated rings. The zero-order valence-electron chi connectivity index (χ0n) is 12.2. The molecule has 1 saturated heterocycles. The van der Waals surface area contributed by atoms with E-state index in [0.29, 0.717) is 0 Å². The molecule has 0 saturated carbocycles. The third-order valence-corrected chi connectivity index (χ3v) is 4.02. The van der Waals surface area contributed by atoms with E-state index >= 15 is 0 Å². The third kappa shape index (κ3) is 4.94. The summed E-state index contributed by atoms with van der Waals surface area (Å²) in [5.41, 5.74) is 0. The Kier molecular flexibility index (Phi) is 7.09. The monoisotopic (exact) mass is 241 g/mol. The fourth-order valence-corrected chi connectivity index (χ4v) is 2.74. The van der Waals surface area contributed by atoms with Crippen LogP contribution in [0.5, 0.6) is 0 Å². The molecule has 3 nitrogen and oxygen atoms in total. The second-order valence-corrected chi connectivity index (χ2v) is 5.50. The molecule has 1 atom stereocenters. The standard InChI is InChI=1S/C14H31N3/c1-5-9-15-12-13(6-2)17-10-7-14(8-11-17)16(3)4/h13-15H,5-12H2,1-4H3. The lowest BCUT2D eigenvalue weighted by molar-refractivity contribution is 0.105. The second kappa shape index (κ2) is 8.06. The van der Waals surface area contributed by atoms with E-state index in [4.69, 9.17) is 0 Å². The van der Waals surface area contributed by atoms with Gasteiger partial charge in [-0.25, -0.2) is 0 Å². The van der Waals surface area contributed by atoms with Crippen LogP contribution in [0.4, 0.5) is 0 Å². The van der Waals surface area contributed by atoms with Crippen LogP contribution in [-0.4, -0.2) is 62.2 Å². The van der Waals surface area contributed by atoms with Crippen molar-refractivity contribution in [3.8, 4) is 0 Å². The maximum absolute atomic E-state index is 3.57. The van der Waals surface area contributed by atoms with Crippen molar-refractivity contribution < 1.29 is 0 Å². The molecular formula is C14H31N3. The van der Waals surface area contributed by atoms with E-state index in [9.17, 15) is 0 Å². The van der Waals surface area contributed by atoms with Gasteiger partial charge in [0.1, 0.15) is 0 Å². The normalized spacial score (nSPS) is 21.0. The molecule has 3 heteroatoms. The van der Waals surface area contributed by atoms with Crippen LogP contribution in [0.15, 0.2) is 0 Å². The van der Waals surface area contributed by atoms with Gasteiger partial charge in [0.25, 0.3) is 0 Å². The third-order valence-electron chi connectivity index (χ3n) is 4.02. The number of hydrogen-bond acceptors (Lipinski definition) is 3. The summed E-state index contributed by atoms with van der Waals surface area (Å²) in [6.07, 6.45) is 5.16. The van der Waals surface area contributed by atoms with Crippen molar-refractivity contribution in [3.63, 3.8) is 0 Å². The van der Waals surface area contributed by atoms with Gasteiger partial charge in [-0.15, -0.1) is 0 Å². The summed E-state index contributed by atoms with van der Waals surface area (Å²) in [4.78, 5) is 5.07. The average Bonchev–Trinajstić information content (AvgIpc) is 2.35. The van der Waals surface area contributed by atoms with E-state index in [-0.39, 0.29) is 0 Å². The highest BCUT2D eigenvalue weighted by Gasteiger charge is 2.24. The molecule has 1 heterocycles. The van der Waals surface area contributed by atoms with Gasteiger partial charge in [-0.2, -0.15) is 0 Å². The van der Waals surface area contributed by atoms with Gasteiger partial charge in [0.15, 0.2) is 0 Å². The molecule has 1 aliphatic heterocycles. The van der Waals surface area contributed by atoms with Crippen molar-refractivity contribution in [2.75, 3.05) is 40.3 Å². The number of nitrogens with zero attached hydrogens (tertiary/aromatic N) is 2. The predicted octanol–water partition coefficient (Wildman–Crippen LogP) is 1.79. The summed E-state index contributed by atoms with van der Waals surface area (Å²) in [6.45, 7) is 9.42. The van der Waals surface area contributed by atoms with Crippen molar-refractivity contribution in [1.82, 2.24) is 15.1 Å². The highest BCUT2D eigenvalue weighted by molar-refractivity contribution is 4.82. The molecule has 0 aliphatic carbocycles. The van der Waals surface area contributed by atoms with Crippen molar-refractivity contribution in [2.45, 2.75) is 51.6 Å². The summed E-state index contributed by atoms with van der Waals surface area (Å²) in [5.74, 6) is 0. The Balaban J connectivity index is 2.29. The van der Waals surface area contributed by atoms with Crippen LogP contribution in [-0.2, 0) is 0 Å². The number of piperidine rings is 1. The zero-order valence-corrected chi connectivity index (χ0v) is 12.2. The van der Waals surface area contributed by atoms with Gasteiger partial charge < -0.3 is 10.2 Å². The lowest BCUT2D eigenvalue weighted by Crippen LogP contribution is -2.49. The molecule has 102 valence electrons. The zero-order chi connectivity index (χ0) is 12.7. The van der Waals surface area contributed by atoms with E-state index < -0.39 is 0 Å². The first-order chi connectivity index (χ1) is 8.19. The van der Waals surface area contributed by atoms with Gasteiger partial charge in [-0.1, -0.05) is 13.8 Å². The SMILES string of the molecule is CCCNCC(CC)N1CCC(N(C)C)CC1. The van der Waals surface area contributed by atoms with Gasteiger partial charge in [0.05, 0.1) is 0 Å². The van der Waals surface area contributed by atoms with Gasteiger partial charge >= 0.3 is 0 Å². The van der Waals surface area contributed by atoms with Gasteiger partial charge in [0.2, 0.25) is 0 Å². The van der Waals surface area contributed by atoms with Crippen LogP contribution in [0.2, 0.25) is 0 Å². The van der Waals surface area contributed by atoms with Crippen molar-refractivity contribution in [3.05, 3.63) is 0 Å².